The SMILES string of the molecule is CN(C)c1ccc([C@@H]2[C@H]3C(=O)C[C@H](c4ccccc4)CC3=Nc3ccccc3N2C(=O)c2ccccc2)cc1. The van der Waals surface area contributed by atoms with E-state index in [9.17, 15) is 9.59 Å². The smallest absolute Gasteiger partial charge is 0.258 e. The molecule has 1 aliphatic carbocycles. The van der Waals surface area contributed by atoms with Gasteiger partial charge in [0.25, 0.3) is 5.91 Å². The second-order valence-electron chi connectivity index (χ2n) is 10.5. The quantitative estimate of drug-likeness (QED) is 0.296. The van der Waals surface area contributed by atoms with Crippen LogP contribution in [-0.2, 0) is 4.79 Å². The maximum atomic E-state index is 14.3. The van der Waals surface area contributed by atoms with Crippen molar-refractivity contribution in [2.45, 2.75) is 24.8 Å². The summed E-state index contributed by atoms with van der Waals surface area (Å²) in [5.74, 6) is -0.488. The third kappa shape index (κ3) is 4.65. The van der Waals surface area contributed by atoms with Crippen LogP contribution >= 0.6 is 0 Å². The van der Waals surface area contributed by atoms with Crippen molar-refractivity contribution >= 4 is 34.5 Å². The van der Waals surface area contributed by atoms with Crippen LogP contribution in [0.25, 0.3) is 0 Å². The van der Waals surface area contributed by atoms with E-state index in [1.807, 2.05) is 121 Å². The van der Waals surface area contributed by atoms with Gasteiger partial charge in [-0.15, -0.1) is 0 Å². The van der Waals surface area contributed by atoms with Gasteiger partial charge >= 0.3 is 0 Å². The van der Waals surface area contributed by atoms with Crippen molar-refractivity contribution in [3.8, 4) is 0 Å². The molecule has 3 atom stereocenters. The molecule has 4 aromatic rings. The highest BCUT2D eigenvalue weighted by molar-refractivity contribution is 6.15. The van der Waals surface area contributed by atoms with Crippen LogP contribution in [0.4, 0.5) is 17.1 Å². The fourth-order valence-electron chi connectivity index (χ4n) is 5.92. The summed E-state index contributed by atoms with van der Waals surface area (Å²) in [5, 5.41) is 0. The summed E-state index contributed by atoms with van der Waals surface area (Å²) in [7, 11) is 4.00. The van der Waals surface area contributed by atoms with E-state index in [1.54, 1.807) is 0 Å². The first-order chi connectivity index (χ1) is 19.0. The summed E-state index contributed by atoms with van der Waals surface area (Å²) < 4.78 is 0. The molecule has 0 bridgehead atoms. The average Bonchev–Trinajstić information content (AvgIpc) is 3.12. The third-order valence-corrected chi connectivity index (χ3v) is 7.87. The topological polar surface area (TPSA) is 53.0 Å². The molecule has 1 aliphatic heterocycles. The number of ketones is 1. The van der Waals surface area contributed by atoms with E-state index in [0.29, 0.717) is 18.4 Å². The van der Waals surface area contributed by atoms with Crippen LogP contribution in [0.1, 0.15) is 46.3 Å². The van der Waals surface area contributed by atoms with Crippen molar-refractivity contribution < 1.29 is 9.59 Å². The fraction of sp³-hybridized carbons (Fsp3) is 0.206. The Labute approximate surface area is 229 Å². The second-order valence-corrected chi connectivity index (χ2v) is 10.5. The number of Topliss-reactive ketones (excluding diaryl/α,β-unsaturated/α-hetero) is 1. The van der Waals surface area contributed by atoms with Crippen molar-refractivity contribution in [1.82, 2.24) is 0 Å². The minimum Gasteiger partial charge on any atom is -0.378 e. The molecule has 1 heterocycles. The number of amides is 1. The Hall–Kier alpha value is -4.51. The van der Waals surface area contributed by atoms with Gasteiger partial charge in [0.1, 0.15) is 5.78 Å². The number of nitrogens with zero attached hydrogens (tertiary/aromatic N) is 3. The van der Waals surface area contributed by atoms with E-state index < -0.39 is 12.0 Å². The third-order valence-electron chi connectivity index (χ3n) is 7.87. The van der Waals surface area contributed by atoms with Gasteiger partial charge in [0.15, 0.2) is 0 Å². The van der Waals surface area contributed by atoms with Crippen LogP contribution in [0.3, 0.4) is 0 Å². The number of para-hydroxylation sites is 2. The van der Waals surface area contributed by atoms with Gasteiger partial charge < -0.3 is 4.90 Å². The molecule has 1 saturated carbocycles. The predicted octanol–water partition coefficient (Wildman–Crippen LogP) is 6.99. The lowest BCUT2D eigenvalue weighted by atomic mass is 9.72. The number of carbonyl (C=O) groups excluding carboxylic acids is 2. The van der Waals surface area contributed by atoms with Crippen LogP contribution in [0.5, 0.6) is 0 Å². The highest BCUT2D eigenvalue weighted by Gasteiger charge is 2.46. The number of anilines is 2. The van der Waals surface area contributed by atoms with E-state index in [0.717, 1.165) is 33.9 Å². The molecule has 0 N–H and O–H groups in total. The Balaban J connectivity index is 1.53. The van der Waals surface area contributed by atoms with Crippen LogP contribution in [-0.4, -0.2) is 31.5 Å². The fourth-order valence-corrected chi connectivity index (χ4v) is 5.92. The van der Waals surface area contributed by atoms with Gasteiger partial charge in [-0.3, -0.25) is 19.5 Å². The van der Waals surface area contributed by atoms with Crippen molar-refractivity contribution in [3.05, 3.63) is 126 Å². The highest BCUT2D eigenvalue weighted by Crippen LogP contribution is 2.48. The molecule has 5 nitrogen and oxygen atoms in total. The molecule has 5 heteroatoms. The Morgan fingerprint density at radius 3 is 2.10 bits per heavy atom. The minimum absolute atomic E-state index is 0.0639. The molecule has 39 heavy (non-hydrogen) atoms. The summed E-state index contributed by atoms with van der Waals surface area (Å²) in [5.41, 5.74) is 5.99. The zero-order chi connectivity index (χ0) is 26.9. The zero-order valence-corrected chi connectivity index (χ0v) is 22.2. The summed E-state index contributed by atoms with van der Waals surface area (Å²) in [6, 6.07) is 35.0. The van der Waals surface area contributed by atoms with Crippen LogP contribution in [0, 0.1) is 5.92 Å². The predicted molar refractivity (Wildman–Crippen MR) is 157 cm³/mol. The number of hydrogen-bond donors (Lipinski definition) is 0. The number of rotatable bonds is 4. The van der Waals surface area contributed by atoms with Crippen molar-refractivity contribution in [1.29, 1.82) is 0 Å². The summed E-state index contributed by atoms with van der Waals surface area (Å²) >= 11 is 0. The number of aliphatic imine (C=N–C) groups is 1. The summed E-state index contributed by atoms with van der Waals surface area (Å²) in [4.78, 5) is 37.4. The average molecular weight is 514 g/mol. The highest BCUT2D eigenvalue weighted by atomic mass is 16.2. The van der Waals surface area contributed by atoms with Crippen molar-refractivity contribution in [3.63, 3.8) is 0 Å². The van der Waals surface area contributed by atoms with Crippen molar-refractivity contribution in [2.24, 2.45) is 10.9 Å². The Bertz CT molecular complexity index is 1530. The molecule has 194 valence electrons. The zero-order valence-electron chi connectivity index (χ0n) is 22.2. The van der Waals surface area contributed by atoms with E-state index >= 15 is 0 Å². The monoisotopic (exact) mass is 513 g/mol. The molecule has 1 fully saturated rings. The van der Waals surface area contributed by atoms with Crippen LogP contribution < -0.4 is 9.80 Å². The summed E-state index contributed by atoms with van der Waals surface area (Å²) in [6.07, 6.45) is 1.10. The molecule has 0 radical (unpaired) electrons. The van der Waals surface area contributed by atoms with Crippen LogP contribution in [0.15, 0.2) is 114 Å². The maximum Gasteiger partial charge on any atom is 0.258 e. The largest absolute Gasteiger partial charge is 0.378 e. The lowest BCUT2D eigenvalue weighted by molar-refractivity contribution is -0.122. The molecule has 2 aliphatic rings. The van der Waals surface area contributed by atoms with Gasteiger partial charge in [-0.1, -0.05) is 72.8 Å². The standard InChI is InChI=1S/C34H31N3O2/c1-36(2)27-19-17-24(18-20-27)33-32-29(21-26(22-31(32)38)23-11-5-3-6-12-23)35-28-15-9-10-16-30(28)37(33)34(39)25-13-7-4-8-14-25/h3-20,26,32-33H,21-22H2,1-2H3/t26-,32-,33-/m1/s1. The van der Waals surface area contributed by atoms with Crippen LogP contribution in [0.2, 0.25) is 0 Å². The van der Waals surface area contributed by atoms with Gasteiger partial charge in [-0.05, 0) is 59.9 Å². The molecule has 0 unspecified atom stereocenters. The first kappa shape index (κ1) is 24.8. The van der Waals surface area contributed by atoms with Gasteiger partial charge in [-0.25, -0.2) is 0 Å². The molecule has 4 aromatic carbocycles. The van der Waals surface area contributed by atoms with E-state index in [-0.39, 0.29) is 17.6 Å². The number of fused-ring (bicyclic) bond motifs is 2. The molecule has 0 spiro atoms. The van der Waals surface area contributed by atoms with Gasteiger partial charge in [0.05, 0.1) is 23.3 Å². The molecule has 1 amide bonds. The second kappa shape index (κ2) is 10.3. The number of benzene rings is 4. The number of carbonyl (C=O) groups is 2. The van der Waals surface area contributed by atoms with Crippen molar-refractivity contribution in [2.75, 3.05) is 23.9 Å². The van der Waals surface area contributed by atoms with E-state index in [4.69, 9.17) is 4.99 Å². The normalized spacial score (nSPS) is 20.4. The molecule has 0 saturated heterocycles. The van der Waals surface area contributed by atoms with E-state index in [1.165, 1.54) is 0 Å². The Morgan fingerprint density at radius 1 is 0.769 bits per heavy atom. The first-order valence-electron chi connectivity index (χ1n) is 13.4. The minimum atomic E-state index is -0.532. The van der Waals surface area contributed by atoms with Gasteiger partial charge in [-0.2, -0.15) is 0 Å². The molecular formula is C34H31N3O2. The molecular weight excluding hydrogens is 482 g/mol. The van der Waals surface area contributed by atoms with Gasteiger partial charge in [0, 0.05) is 37.5 Å². The summed E-state index contributed by atoms with van der Waals surface area (Å²) in [6.45, 7) is 0. The molecule has 0 aromatic heterocycles. The maximum absolute atomic E-state index is 14.3. The lowest BCUT2D eigenvalue weighted by Crippen LogP contribution is -2.45. The molecule has 6 rings (SSSR count). The Morgan fingerprint density at radius 2 is 1.41 bits per heavy atom. The lowest BCUT2D eigenvalue weighted by Gasteiger charge is -2.39. The number of hydrogen-bond acceptors (Lipinski definition) is 4. The van der Waals surface area contributed by atoms with Gasteiger partial charge in [0.2, 0.25) is 0 Å². The first-order valence-corrected chi connectivity index (χ1v) is 13.4. The van der Waals surface area contributed by atoms with E-state index in [2.05, 4.69) is 12.1 Å². The Kier molecular flexibility index (Phi) is 6.57.